The summed E-state index contributed by atoms with van der Waals surface area (Å²) in [5, 5.41) is 4.68. The van der Waals surface area contributed by atoms with E-state index in [1.807, 2.05) is 36.4 Å². The average Bonchev–Trinajstić information content (AvgIpc) is 2.65. The second kappa shape index (κ2) is 8.10. The number of para-hydroxylation sites is 1. The van der Waals surface area contributed by atoms with Crippen LogP contribution in [0.4, 0.5) is 11.4 Å². The van der Waals surface area contributed by atoms with Crippen LogP contribution < -0.4 is 10.0 Å². The Hall–Kier alpha value is -3.39. The van der Waals surface area contributed by atoms with E-state index >= 15 is 0 Å². The van der Waals surface area contributed by atoms with Crippen molar-refractivity contribution in [1.82, 2.24) is 0 Å². The second-order valence-electron chi connectivity index (χ2n) is 6.11. The maximum Gasteiger partial charge on any atom is 0.340 e. The van der Waals surface area contributed by atoms with Crippen LogP contribution in [-0.4, -0.2) is 33.2 Å². The summed E-state index contributed by atoms with van der Waals surface area (Å²) in [7, 11) is -3.56. The normalized spacial score (nSPS) is 11.0. The quantitative estimate of drug-likeness (QED) is 0.622. The summed E-state index contributed by atoms with van der Waals surface area (Å²) in [6.45, 7) is -0.501. The van der Waals surface area contributed by atoms with Crippen molar-refractivity contribution in [3.8, 4) is 0 Å². The molecule has 0 aliphatic rings. The summed E-state index contributed by atoms with van der Waals surface area (Å²) in [4.78, 5) is 24.3. The minimum absolute atomic E-state index is 0.0198. The molecule has 0 bridgehead atoms. The molecule has 0 saturated carbocycles. The monoisotopic (exact) mass is 398 g/mol. The predicted octanol–water partition coefficient (Wildman–Crippen LogP) is 3.01. The standard InChI is InChI=1S/C20H18N2O5S/c1-28(25,26)22-18-9-5-4-8-17(18)20(24)27-13-19(23)21-16-11-10-14-6-2-3-7-15(14)12-16/h2-12,22H,13H2,1H3,(H,21,23). The maximum atomic E-state index is 12.2. The highest BCUT2D eigenvalue weighted by molar-refractivity contribution is 7.92. The minimum atomic E-state index is -3.56. The largest absolute Gasteiger partial charge is 0.452 e. The van der Waals surface area contributed by atoms with Crippen LogP contribution in [0.2, 0.25) is 0 Å². The second-order valence-corrected chi connectivity index (χ2v) is 7.85. The number of esters is 1. The number of sulfonamides is 1. The summed E-state index contributed by atoms with van der Waals surface area (Å²) in [6, 6.07) is 19.2. The van der Waals surface area contributed by atoms with E-state index in [0.717, 1.165) is 17.0 Å². The van der Waals surface area contributed by atoms with Gasteiger partial charge in [-0.3, -0.25) is 9.52 Å². The molecule has 0 radical (unpaired) electrons. The Kier molecular flexibility index (Phi) is 5.60. The molecule has 7 nitrogen and oxygen atoms in total. The van der Waals surface area contributed by atoms with E-state index in [9.17, 15) is 18.0 Å². The number of carbonyl (C=O) groups excluding carboxylic acids is 2. The van der Waals surface area contributed by atoms with Gasteiger partial charge in [-0.2, -0.15) is 0 Å². The van der Waals surface area contributed by atoms with Gasteiger partial charge >= 0.3 is 5.97 Å². The molecule has 0 aliphatic heterocycles. The van der Waals surface area contributed by atoms with E-state index in [4.69, 9.17) is 4.74 Å². The van der Waals surface area contributed by atoms with Crippen LogP contribution in [0, 0.1) is 0 Å². The molecule has 3 rings (SSSR count). The van der Waals surface area contributed by atoms with Crippen molar-refractivity contribution in [2.45, 2.75) is 0 Å². The number of anilines is 2. The van der Waals surface area contributed by atoms with Crippen molar-refractivity contribution in [2.75, 3.05) is 22.9 Å². The van der Waals surface area contributed by atoms with E-state index in [0.29, 0.717) is 5.69 Å². The number of carbonyl (C=O) groups is 2. The van der Waals surface area contributed by atoms with Gasteiger partial charge in [-0.05, 0) is 35.0 Å². The Morgan fingerprint density at radius 2 is 1.61 bits per heavy atom. The molecule has 1 amide bonds. The van der Waals surface area contributed by atoms with Gasteiger partial charge in [0.25, 0.3) is 5.91 Å². The zero-order valence-corrected chi connectivity index (χ0v) is 15.8. The lowest BCUT2D eigenvalue weighted by atomic mass is 10.1. The molecule has 0 unspecified atom stereocenters. The van der Waals surface area contributed by atoms with Crippen molar-refractivity contribution < 1.29 is 22.7 Å². The Morgan fingerprint density at radius 1 is 0.929 bits per heavy atom. The van der Waals surface area contributed by atoms with Crippen molar-refractivity contribution in [1.29, 1.82) is 0 Å². The summed E-state index contributed by atoms with van der Waals surface area (Å²) < 4.78 is 30.1. The van der Waals surface area contributed by atoms with Crippen molar-refractivity contribution in [3.63, 3.8) is 0 Å². The van der Waals surface area contributed by atoms with Crippen molar-refractivity contribution in [2.24, 2.45) is 0 Å². The number of hydrogen-bond donors (Lipinski definition) is 2. The Morgan fingerprint density at radius 3 is 2.36 bits per heavy atom. The molecular weight excluding hydrogens is 380 g/mol. The average molecular weight is 398 g/mol. The smallest absolute Gasteiger partial charge is 0.340 e. The zero-order chi connectivity index (χ0) is 20.1. The number of fused-ring (bicyclic) bond motifs is 1. The summed E-state index contributed by atoms with van der Waals surface area (Å²) in [6.07, 6.45) is 0.978. The fourth-order valence-corrected chi connectivity index (χ4v) is 3.20. The highest BCUT2D eigenvalue weighted by Crippen LogP contribution is 2.19. The first kappa shape index (κ1) is 19.4. The number of benzene rings is 3. The van der Waals surface area contributed by atoms with Gasteiger partial charge in [0, 0.05) is 5.69 Å². The zero-order valence-electron chi connectivity index (χ0n) is 15.0. The lowest BCUT2D eigenvalue weighted by molar-refractivity contribution is -0.119. The number of hydrogen-bond acceptors (Lipinski definition) is 5. The fourth-order valence-electron chi connectivity index (χ4n) is 2.62. The topological polar surface area (TPSA) is 102 Å². The molecule has 0 saturated heterocycles. The first-order valence-electron chi connectivity index (χ1n) is 8.34. The van der Waals surface area contributed by atoms with Gasteiger partial charge in [0.15, 0.2) is 6.61 Å². The van der Waals surface area contributed by atoms with Crippen LogP contribution in [0.5, 0.6) is 0 Å². The van der Waals surface area contributed by atoms with Crippen LogP contribution >= 0.6 is 0 Å². The van der Waals surface area contributed by atoms with E-state index in [1.165, 1.54) is 12.1 Å². The molecule has 0 heterocycles. The first-order valence-corrected chi connectivity index (χ1v) is 10.2. The number of nitrogens with one attached hydrogen (secondary N) is 2. The molecule has 3 aromatic rings. The SMILES string of the molecule is CS(=O)(=O)Nc1ccccc1C(=O)OCC(=O)Nc1ccc2ccccc2c1. The van der Waals surface area contributed by atoms with Crippen LogP contribution in [0.1, 0.15) is 10.4 Å². The highest BCUT2D eigenvalue weighted by atomic mass is 32.2. The van der Waals surface area contributed by atoms with Gasteiger partial charge in [-0.1, -0.05) is 42.5 Å². The number of amides is 1. The Bertz CT molecular complexity index is 1140. The third-order valence-electron chi connectivity index (χ3n) is 3.81. The molecule has 0 atom stereocenters. The van der Waals surface area contributed by atoms with Crippen LogP contribution in [-0.2, 0) is 19.6 Å². The lowest BCUT2D eigenvalue weighted by Gasteiger charge is -2.11. The van der Waals surface area contributed by atoms with Crippen LogP contribution in [0.25, 0.3) is 10.8 Å². The maximum absolute atomic E-state index is 12.2. The van der Waals surface area contributed by atoms with Crippen LogP contribution in [0.3, 0.4) is 0 Å². The Balaban J connectivity index is 1.63. The van der Waals surface area contributed by atoms with Gasteiger partial charge in [0.1, 0.15) is 0 Å². The van der Waals surface area contributed by atoms with E-state index < -0.39 is 28.5 Å². The molecular formula is C20H18N2O5S. The fraction of sp³-hybridized carbons (Fsp3) is 0.100. The summed E-state index contributed by atoms with van der Waals surface area (Å²) in [5.74, 6) is -1.31. The third-order valence-corrected chi connectivity index (χ3v) is 4.40. The van der Waals surface area contributed by atoms with Crippen molar-refractivity contribution >= 4 is 44.0 Å². The molecule has 144 valence electrons. The summed E-state index contributed by atoms with van der Waals surface area (Å²) in [5.41, 5.74) is 0.690. The Labute approximate surface area is 162 Å². The lowest BCUT2D eigenvalue weighted by Crippen LogP contribution is -2.22. The third kappa shape index (κ3) is 5.08. The van der Waals surface area contributed by atoms with Crippen molar-refractivity contribution in [3.05, 3.63) is 72.3 Å². The predicted molar refractivity (Wildman–Crippen MR) is 108 cm³/mol. The molecule has 3 aromatic carbocycles. The molecule has 0 spiro atoms. The van der Waals surface area contributed by atoms with Gasteiger partial charge < -0.3 is 10.1 Å². The molecule has 0 fully saturated rings. The van der Waals surface area contributed by atoms with E-state index in [2.05, 4.69) is 10.0 Å². The van der Waals surface area contributed by atoms with E-state index in [-0.39, 0.29) is 11.3 Å². The van der Waals surface area contributed by atoms with Gasteiger partial charge in [0.05, 0.1) is 17.5 Å². The van der Waals surface area contributed by atoms with Gasteiger partial charge in [0.2, 0.25) is 10.0 Å². The van der Waals surface area contributed by atoms with E-state index in [1.54, 1.807) is 18.2 Å². The molecule has 2 N–H and O–H groups in total. The molecule has 0 aliphatic carbocycles. The van der Waals surface area contributed by atoms with Gasteiger partial charge in [-0.25, -0.2) is 13.2 Å². The number of ether oxygens (including phenoxy) is 1. The molecule has 0 aromatic heterocycles. The molecule has 28 heavy (non-hydrogen) atoms. The summed E-state index contributed by atoms with van der Waals surface area (Å²) >= 11 is 0. The number of rotatable bonds is 6. The van der Waals surface area contributed by atoms with Gasteiger partial charge in [-0.15, -0.1) is 0 Å². The first-order chi connectivity index (χ1) is 13.3. The molecule has 8 heteroatoms. The minimum Gasteiger partial charge on any atom is -0.452 e. The van der Waals surface area contributed by atoms with Crippen LogP contribution in [0.15, 0.2) is 66.7 Å². The highest BCUT2D eigenvalue weighted by Gasteiger charge is 2.16.